The summed E-state index contributed by atoms with van der Waals surface area (Å²) in [6.45, 7) is 3.18. The van der Waals surface area contributed by atoms with E-state index in [0.29, 0.717) is 9.61 Å². The Kier molecular flexibility index (Phi) is 3.86. The number of nitro groups is 1. The fourth-order valence-electron chi connectivity index (χ4n) is 1.97. The van der Waals surface area contributed by atoms with E-state index in [1.165, 1.54) is 12.8 Å². The molecule has 1 aliphatic carbocycles. The van der Waals surface area contributed by atoms with E-state index in [2.05, 4.69) is 11.8 Å². The molecule has 1 aliphatic rings. The lowest BCUT2D eigenvalue weighted by molar-refractivity contribution is -0.385. The Morgan fingerprint density at radius 2 is 2.24 bits per heavy atom. The molecule has 92 valence electrons. The number of benzene rings is 1. The second-order valence-corrected chi connectivity index (χ2v) is 5.48. The molecule has 0 atom stereocenters. The molecule has 0 N–H and O–H groups in total. The lowest BCUT2D eigenvalue weighted by Gasteiger charge is -2.24. The quantitative estimate of drug-likeness (QED) is 0.465. The summed E-state index contributed by atoms with van der Waals surface area (Å²) in [5.74, 6) is 0. The highest BCUT2D eigenvalue weighted by molar-refractivity contribution is 14.1. The van der Waals surface area contributed by atoms with Crippen molar-refractivity contribution in [1.82, 2.24) is 0 Å². The van der Waals surface area contributed by atoms with Crippen molar-refractivity contribution in [3.05, 3.63) is 31.9 Å². The molecule has 1 aromatic rings. The lowest BCUT2D eigenvalue weighted by Crippen LogP contribution is -2.26. The highest BCUT2D eigenvalue weighted by Crippen LogP contribution is 2.34. The average Bonchev–Trinajstić information content (AvgIpc) is 3.09. The van der Waals surface area contributed by atoms with Crippen LogP contribution >= 0.6 is 22.6 Å². The van der Waals surface area contributed by atoms with E-state index in [1.54, 1.807) is 6.07 Å². The molecule has 0 aromatic heterocycles. The highest BCUT2D eigenvalue weighted by Gasteiger charge is 2.29. The van der Waals surface area contributed by atoms with E-state index in [9.17, 15) is 10.1 Å². The zero-order valence-corrected chi connectivity index (χ0v) is 11.9. The predicted octanol–water partition coefficient (Wildman–Crippen LogP) is 3.58. The van der Waals surface area contributed by atoms with E-state index in [4.69, 9.17) is 0 Å². The molecular weight excluding hydrogens is 331 g/mol. The van der Waals surface area contributed by atoms with E-state index in [1.807, 2.05) is 34.7 Å². The van der Waals surface area contributed by atoms with E-state index in [0.717, 1.165) is 18.7 Å². The van der Waals surface area contributed by atoms with Crippen molar-refractivity contribution in [3.8, 4) is 0 Å². The Bertz CT molecular complexity index is 433. The van der Waals surface area contributed by atoms with Gasteiger partial charge in [-0.1, -0.05) is 6.92 Å². The summed E-state index contributed by atoms with van der Waals surface area (Å²) in [4.78, 5) is 12.8. The van der Waals surface area contributed by atoms with Gasteiger partial charge in [0.2, 0.25) is 0 Å². The van der Waals surface area contributed by atoms with E-state index in [-0.39, 0.29) is 10.6 Å². The molecule has 2 rings (SSSR count). The third-order valence-electron chi connectivity index (χ3n) is 2.91. The Hall–Kier alpha value is -0.850. The van der Waals surface area contributed by atoms with Gasteiger partial charge in [0.25, 0.3) is 5.69 Å². The summed E-state index contributed by atoms with van der Waals surface area (Å²) in [5, 5.41) is 10.8. The van der Waals surface area contributed by atoms with Crippen molar-refractivity contribution in [1.29, 1.82) is 0 Å². The van der Waals surface area contributed by atoms with Crippen LogP contribution in [0.2, 0.25) is 0 Å². The number of hydrogen-bond acceptors (Lipinski definition) is 3. The van der Waals surface area contributed by atoms with Crippen LogP contribution in [0.15, 0.2) is 18.2 Å². The van der Waals surface area contributed by atoms with Gasteiger partial charge in [0.1, 0.15) is 0 Å². The molecule has 5 heteroatoms. The summed E-state index contributed by atoms with van der Waals surface area (Å²) in [7, 11) is 0. The van der Waals surface area contributed by atoms with Gasteiger partial charge >= 0.3 is 0 Å². The van der Waals surface area contributed by atoms with Crippen LogP contribution < -0.4 is 4.90 Å². The van der Waals surface area contributed by atoms with Gasteiger partial charge in [-0.3, -0.25) is 10.1 Å². The van der Waals surface area contributed by atoms with Crippen molar-refractivity contribution in [2.75, 3.05) is 11.4 Å². The number of rotatable bonds is 5. The minimum Gasteiger partial charge on any atom is -0.369 e. The summed E-state index contributed by atoms with van der Waals surface area (Å²) >= 11 is 2.04. The summed E-state index contributed by atoms with van der Waals surface area (Å²) < 4.78 is 0.715. The van der Waals surface area contributed by atoms with Gasteiger partial charge in [0.05, 0.1) is 8.49 Å². The highest BCUT2D eigenvalue weighted by atomic mass is 127. The average molecular weight is 346 g/mol. The SMILES string of the molecule is CCCN(c1ccc([N+](=O)[O-])c(I)c1)C1CC1. The lowest BCUT2D eigenvalue weighted by atomic mass is 10.2. The van der Waals surface area contributed by atoms with Crippen LogP contribution in [0.5, 0.6) is 0 Å². The monoisotopic (exact) mass is 346 g/mol. The van der Waals surface area contributed by atoms with Crippen LogP contribution in [0.25, 0.3) is 0 Å². The first-order valence-corrected chi connectivity index (χ1v) is 6.92. The second-order valence-electron chi connectivity index (χ2n) is 4.32. The third kappa shape index (κ3) is 2.88. The first-order valence-electron chi connectivity index (χ1n) is 5.84. The van der Waals surface area contributed by atoms with Crippen molar-refractivity contribution in [2.24, 2.45) is 0 Å². The number of nitrogens with zero attached hydrogens (tertiary/aromatic N) is 2. The first-order chi connectivity index (χ1) is 8.13. The Morgan fingerprint density at radius 1 is 1.53 bits per heavy atom. The van der Waals surface area contributed by atoms with Crippen molar-refractivity contribution in [3.63, 3.8) is 0 Å². The van der Waals surface area contributed by atoms with Crippen LogP contribution in [0.3, 0.4) is 0 Å². The number of halogens is 1. The van der Waals surface area contributed by atoms with Gasteiger partial charge < -0.3 is 4.90 Å². The van der Waals surface area contributed by atoms with Gasteiger partial charge in [0.15, 0.2) is 0 Å². The molecule has 17 heavy (non-hydrogen) atoms. The van der Waals surface area contributed by atoms with Crippen LogP contribution in [0.1, 0.15) is 26.2 Å². The van der Waals surface area contributed by atoms with Crippen LogP contribution in [-0.2, 0) is 0 Å². The van der Waals surface area contributed by atoms with Crippen molar-refractivity contribution < 1.29 is 4.92 Å². The molecule has 0 aliphatic heterocycles. The molecule has 0 saturated heterocycles. The van der Waals surface area contributed by atoms with Gasteiger partial charge in [-0.2, -0.15) is 0 Å². The van der Waals surface area contributed by atoms with E-state index >= 15 is 0 Å². The van der Waals surface area contributed by atoms with E-state index < -0.39 is 0 Å². The van der Waals surface area contributed by atoms with Crippen LogP contribution in [0, 0.1) is 13.7 Å². The minimum absolute atomic E-state index is 0.196. The summed E-state index contributed by atoms with van der Waals surface area (Å²) in [5.41, 5.74) is 1.31. The first kappa shape index (κ1) is 12.6. The summed E-state index contributed by atoms with van der Waals surface area (Å²) in [6, 6.07) is 6.05. The van der Waals surface area contributed by atoms with Gasteiger partial charge in [-0.05, 0) is 54.0 Å². The molecule has 1 fully saturated rings. The predicted molar refractivity (Wildman–Crippen MR) is 76.5 cm³/mol. The van der Waals surface area contributed by atoms with Crippen LogP contribution in [-0.4, -0.2) is 17.5 Å². The fourth-order valence-corrected chi connectivity index (χ4v) is 2.67. The molecule has 1 saturated carbocycles. The molecule has 0 heterocycles. The largest absolute Gasteiger partial charge is 0.369 e. The maximum Gasteiger partial charge on any atom is 0.282 e. The standard InChI is InChI=1S/C12H15IN2O2/c1-2-7-14(9-3-4-9)10-5-6-12(15(16)17)11(13)8-10/h5-6,8-9H,2-4,7H2,1H3. The summed E-state index contributed by atoms with van der Waals surface area (Å²) in [6.07, 6.45) is 3.59. The molecule has 0 unspecified atom stereocenters. The maximum absolute atomic E-state index is 10.8. The molecule has 0 amide bonds. The molecular formula is C12H15IN2O2. The molecule has 1 aromatic carbocycles. The Balaban J connectivity index is 2.25. The third-order valence-corrected chi connectivity index (χ3v) is 3.78. The normalized spacial score (nSPS) is 14.7. The van der Waals surface area contributed by atoms with Gasteiger partial charge in [-0.25, -0.2) is 0 Å². The van der Waals surface area contributed by atoms with Crippen molar-refractivity contribution in [2.45, 2.75) is 32.2 Å². The number of nitro benzene ring substituents is 1. The van der Waals surface area contributed by atoms with Crippen LogP contribution in [0.4, 0.5) is 11.4 Å². The number of anilines is 1. The Morgan fingerprint density at radius 3 is 2.71 bits per heavy atom. The molecule has 0 radical (unpaired) electrons. The topological polar surface area (TPSA) is 46.4 Å². The maximum atomic E-state index is 10.8. The van der Waals surface area contributed by atoms with Crippen molar-refractivity contribution >= 4 is 34.0 Å². The molecule has 4 nitrogen and oxygen atoms in total. The fraction of sp³-hybridized carbons (Fsp3) is 0.500. The molecule has 0 bridgehead atoms. The second kappa shape index (κ2) is 5.20. The zero-order chi connectivity index (χ0) is 12.4. The smallest absolute Gasteiger partial charge is 0.282 e. The Labute approximate surface area is 114 Å². The number of hydrogen-bond donors (Lipinski definition) is 0. The minimum atomic E-state index is -0.327. The zero-order valence-electron chi connectivity index (χ0n) is 9.73. The van der Waals surface area contributed by atoms with Gasteiger partial charge in [-0.15, -0.1) is 0 Å². The molecule has 0 spiro atoms. The van der Waals surface area contributed by atoms with Gasteiger partial charge in [0, 0.05) is 24.3 Å².